The van der Waals surface area contributed by atoms with Gasteiger partial charge in [0.2, 0.25) is 0 Å². The lowest BCUT2D eigenvalue weighted by Crippen LogP contribution is -2.32. The summed E-state index contributed by atoms with van der Waals surface area (Å²) in [6.45, 7) is 7.89. The molecule has 1 aliphatic heterocycles. The summed E-state index contributed by atoms with van der Waals surface area (Å²) in [5.41, 5.74) is 3.47. The number of esters is 1. The molecule has 0 atom stereocenters. The Morgan fingerprint density at radius 3 is 2.94 bits per heavy atom. The summed E-state index contributed by atoms with van der Waals surface area (Å²) in [7, 11) is 0. The van der Waals surface area contributed by atoms with Gasteiger partial charge in [-0.05, 0) is 23.6 Å². The van der Waals surface area contributed by atoms with Crippen LogP contribution in [0.15, 0.2) is 18.2 Å². The molecule has 0 radical (unpaired) electrons. The standard InChI is InChI=1S/C15H20O3/c1-4-18-13(16)8-11-6-5-7-12-9-17-10-15(2,3)14(11)12/h5-7H,4,8-10H2,1-3H3. The normalized spacial score (nSPS) is 17.1. The Labute approximate surface area is 108 Å². The van der Waals surface area contributed by atoms with Gasteiger partial charge in [-0.25, -0.2) is 0 Å². The zero-order chi connectivity index (χ0) is 13.2. The van der Waals surface area contributed by atoms with E-state index >= 15 is 0 Å². The molecule has 1 aromatic rings. The quantitative estimate of drug-likeness (QED) is 0.771. The number of carbonyl (C=O) groups excluding carboxylic acids is 1. The van der Waals surface area contributed by atoms with Gasteiger partial charge in [-0.2, -0.15) is 0 Å². The fourth-order valence-corrected chi connectivity index (χ4v) is 2.65. The molecular weight excluding hydrogens is 228 g/mol. The molecule has 18 heavy (non-hydrogen) atoms. The Bertz CT molecular complexity index is 449. The van der Waals surface area contributed by atoms with Crippen LogP contribution in [-0.2, 0) is 32.7 Å². The Balaban J connectivity index is 2.34. The number of hydrogen-bond acceptors (Lipinski definition) is 3. The maximum Gasteiger partial charge on any atom is 0.310 e. The summed E-state index contributed by atoms with van der Waals surface area (Å²) >= 11 is 0. The van der Waals surface area contributed by atoms with Crippen LogP contribution in [0, 0.1) is 0 Å². The minimum Gasteiger partial charge on any atom is -0.466 e. The van der Waals surface area contributed by atoms with Crippen molar-refractivity contribution in [2.24, 2.45) is 0 Å². The van der Waals surface area contributed by atoms with E-state index in [2.05, 4.69) is 19.9 Å². The van der Waals surface area contributed by atoms with E-state index in [9.17, 15) is 4.79 Å². The van der Waals surface area contributed by atoms with Gasteiger partial charge in [-0.3, -0.25) is 4.79 Å². The highest BCUT2D eigenvalue weighted by Gasteiger charge is 2.30. The second-order valence-electron chi connectivity index (χ2n) is 5.31. The fourth-order valence-electron chi connectivity index (χ4n) is 2.65. The molecule has 0 aliphatic carbocycles. The van der Waals surface area contributed by atoms with Crippen LogP contribution in [0.4, 0.5) is 0 Å². The molecule has 0 N–H and O–H groups in total. The molecule has 1 aliphatic rings. The first-order chi connectivity index (χ1) is 8.54. The van der Waals surface area contributed by atoms with Crippen molar-refractivity contribution in [1.82, 2.24) is 0 Å². The minimum atomic E-state index is -0.159. The first kappa shape index (κ1) is 13.1. The molecule has 0 bridgehead atoms. The number of rotatable bonds is 3. The van der Waals surface area contributed by atoms with E-state index in [1.54, 1.807) is 0 Å². The predicted molar refractivity (Wildman–Crippen MR) is 69.5 cm³/mol. The Morgan fingerprint density at radius 1 is 1.44 bits per heavy atom. The lowest BCUT2D eigenvalue weighted by molar-refractivity contribution is -0.142. The van der Waals surface area contributed by atoms with Gasteiger partial charge in [-0.1, -0.05) is 32.0 Å². The zero-order valence-corrected chi connectivity index (χ0v) is 11.3. The summed E-state index contributed by atoms with van der Waals surface area (Å²) in [6, 6.07) is 6.08. The van der Waals surface area contributed by atoms with Crippen LogP contribution >= 0.6 is 0 Å². The monoisotopic (exact) mass is 248 g/mol. The lowest BCUT2D eigenvalue weighted by Gasteiger charge is -2.34. The summed E-state index contributed by atoms with van der Waals surface area (Å²) in [6.07, 6.45) is 0.348. The topological polar surface area (TPSA) is 35.5 Å². The second kappa shape index (κ2) is 5.11. The largest absolute Gasteiger partial charge is 0.466 e. The maximum atomic E-state index is 11.7. The fraction of sp³-hybridized carbons (Fsp3) is 0.533. The number of carbonyl (C=O) groups is 1. The third-order valence-electron chi connectivity index (χ3n) is 3.27. The predicted octanol–water partition coefficient (Wildman–Crippen LogP) is 2.60. The van der Waals surface area contributed by atoms with Crippen molar-refractivity contribution in [1.29, 1.82) is 0 Å². The molecule has 1 aromatic carbocycles. The zero-order valence-electron chi connectivity index (χ0n) is 11.3. The average molecular weight is 248 g/mol. The molecule has 98 valence electrons. The van der Waals surface area contributed by atoms with E-state index in [4.69, 9.17) is 9.47 Å². The van der Waals surface area contributed by atoms with Crippen molar-refractivity contribution < 1.29 is 14.3 Å². The molecule has 0 amide bonds. The summed E-state index contributed by atoms with van der Waals surface area (Å²) in [4.78, 5) is 11.7. The SMILES string of the molecule is CCOC(=O)Cc1cccc2c1C(C)(C)COC2. The van der Waals surface area contributed by atoms with Gasteiger partial charge in [0.1, 0.15) is 0 Å². The van der Waals surface area contributed by atoms with Gasteiger partial charge in [0.15, 0.2) is 0 Å². The van der Waals surface area contributed by atoms with E-state index in [1.807, 2.05) is 19.1 Å². The summed E-state index contributed by atoms with van der Waals surface area (Å²) in [5.74, 6) is -0.159. The summed E-state index contributed by atoms with van der Waals surface area (Å²) < 4.78 is 10.6. The molecule has 3 nitrogen and oxygen atoms in total. The summed E-state index contributed by atoms with van der Waals surface area (Å²) in [5, 5.41) is 0. The van der Waals surface area contributed by atoms with Crippen molar-refractivity contribution in [3.63, 3.8) is 0 Å². The van der Waals surface area contributed by atoms with Crippen molar-refractivity contribution in [3.8, 4) is 0 Å². The number of benzene rings is 1. The molecule has 2 rings (SSSR count). The lowest BCUT2D eigenvalue weighted by atomic mass is 9.77. The molecular formula is C15H20O3. The highest BCUT2D eigenvalue weighted by atomic mass is 16.5. The number of hydrogen-bond donors (Lipinski definition) is 0. The Morgan fingerprint density at radius 2 is 2.22 bits per heavy atom. The Kier molecular flexibility index (Phi) is 3.71. The molecule has 3 heteroatoms. The van der Waals surface area contributed by atoms with Gasteiger partial charge in [-0.15, -0.1) is 0 Å². The molecule has 0 spiro atoms. The van der Waals surface area contributed by atoms with Crippen molar-refractivity contribution >= 4 is 5.97 Å². The van der Waals surface area contributed by atoms with E-state index in [0.717, 1.165) is 5.56 Å². The van der Waals surface area contributed by atoms with E-state index < -0.39 is 0 Å². The van der Waals surface area contributed by atoms with Gasteiger partial charge < -0.3 is 9.47 Å². The first-order valence-electron chi connectivity index (χ1n) is 6.39. The molecule has 0 saturated carbocycles. The van der Waals surface area contributed by atoms with Crippen LogP contribution in [0.5, 0.6) is 0 Å². The third-order valence-corrected chi connectivity index (χ3v) is 3.27. The third kappa shape index (κ3) is 2.56. The molecule has 0 unspecified atom stereocenters. The van der Waals surface area contributed by atoms with Crippen LogP contribution in [-0.4, -0.2) is 19.2 Å². The molecule has 0 aromatic heterocycles. The van der Waals surface area contributed by atoms with Crippen LogP contribution < -0.4 is 0 Å². The number of fused-ring (bicyclic) bond motifs is 1. The van der Waals surface area contributed by atoms with Crippen LogP contribution in [0.1, 0.15) is 37.5 Å². The van der Waals surface area contributed by atoms with E-state index in [0.29, 0.717) is 26.2 Å². The second-order valence-corrected chi connectivity index (χ2v) is 5.31. The van der Waals surface area contributed by atoms with Crippen LogP contribution in [0.2, 0.25) is 0 Å². The first-order valence-corrected chi connectivity index (χ1v) is 6.39. The molecule has 0 saturated heterocycles. The Hall–Kier alpha value is -1.35. The van der Waals surface area contributed by atoms with Crippen LogP contribution in [0.3, 0.4) is 0 Å². The van der Waals surface area contributed by atoms with E-state index in [-0.39, 0.29) is 11.4 Å². The van der Waals surface area contributed by atoms with Gasteiger partial charge in [0, 0.05) is 5.41 Å². The maximum absolute atomic E-state index is 11.7. The van der Waals surface area contributed by atoms with Gasteiger partial charge >= 0.3 is 5.97 Å². The van der Waals surface area contributed by atoms with Crippen molar-refractivity contribution in [2.45, 2.75) is 39.2 Å². The average Bonchev–Trinajstić information content (AvgIpc) is 2.28. The smallest absolute Gasteiger partial charge is 0.310 e. The minimum absolute atomic E-state index is 0.0450. The van der Waals surface area contributed by atoms with Crippen molar-refractivity contribution in [3.05, 3.63) is 34.9 Å². The highest BCUT2D eigenvalue weighted by molar-refractivity contribution is 5.73. The van der Waals surface area contributed by atoms with Crippen LogP contribution in [0.25, 0.3) is 0 Å². The van der Waals surface area contributed by atoms with E-state index in [1.165, 1.54) is 11.1 Å². The van der Waals surface area contributed by atoms with Crippen molar-refractivity contribution in [2.75, 3.05) is 13.2 Å². The van der Waals surface area contributed by atoms with Gasteiger partial charge in [0.05, 0.1) is 26.2 Å². The highest BCUT2D eigenvalue weighted by Crippen LogP contribution is 2.34. The molecule has 1 heterocycles. The number of ether oxygens (including phenoxy) is 2. The van der Waals surface area contributed by atoms with Gasteiger partial charge in [0.25, 0.3) is 0 Å². The molecule has 0 fully saturated rings.